The Kier molecular flexibility index (Phi) is 5.63. The minimum Gasteiger partial charge on any atom is -0.348 e. The maximum atomic E-state index is 12.9. The van der Waals surface area contributed by atoms with Gasteiger partial charge in [-0.05, 0) is 25.1 Å². The molecule has 2 heterocycles. The molecule has 8 heteroatoms. The monoisotopic (exact) mass is 453 g/mol. The van der Waals surface area contributed by atoms with Crippen molar-refractivity contribution in [1.82, 2.24) is 15.1 Å². The first-order valence-electron chi connectivity index (χ1n) is 11.1. The lowest BCUT2D eigenvalue weighted by atomic mass is 10.0. The fraction of sp³-hybridized carbons (Fsp3) is 0.192. The van der Waals surface area contributed by atoms with E-state index in [1.54, 1.807) is 12.1 Å². The summed E-state index contributed by atoms with van der Waals surface area (Å²) in [5.41, 5.74) is 2.13. The molecule has 0 spiro atoms. The van der Waals surface area contributed by atoms with E-state index in [-0.39, 0.29) is 17.6 Å². The van der Waals surface area contributed by atoms with Gasteiger partial charge in [0.2, 0.25) is 0 Å². The van der Waals surface area contributed by atoms with Crippen molar-refractivity contribution in [3.05, 3.63) is 94.5 Å². The largest absolute Gasteiger partial charge is 0.348 e. The normalized spacial score (nSPS) is 16.0. The van der Waals surface area contributed by atoms with Gasteiger partial charge in [0.25, 0.3) is 11.6 Å². The van der Waals surface area contributed by atoms with Crippen LogP contribution in [0.25, 0.3) is 22.0 Å². The number of hydrogen-bond acceptors (Lipinski definition) is 6. The van der Waals surface area contributed by atoms with Crippen molar-refractivity contribution in [2.75, 3.05) is 24.5 Å². The number of aromatic nitrogens is 2. The van der Waals surface area contributed by atoms with Gasteiger partial charge < -0.3 is 9.80 Å². The molecule has 1 aromatic heterocycles. The van der Waals surface area contributed by atoms with E-state index in [2.05, 4.69) is 22.0 Å². The molecule has 4 aromatic rings. The van der Waals surface area contributed by atoms with Crippen LogP contribution in [0.15, 0.2) is 78.9 Å². The van der Waals surface area contributed by atoms with E-state index in [1.807, 2.05) is 65.6 Å². The number of carbonyl (C=O) groups excluding carboxylic acids is 1. The van der Waals surface area contributed by atoms with Crippen LogP contribution in [0.2, 0.25) is 0 Å². The van der Waals surface area contributed by atoms with Gasteiger partial charge in [0.05, 0.1) is 4.92 Å². The fourth-order valence-corrected chi connectivity index (χ4v) is 4.48. The van der Waals surface area contributed by atoms with Gasteiger partial charge in [-0.1, -0.05) is 48.5 Å². The Labute approximate surface area is 196 Å². The third kappa shape index (κ3) is 3.94. The highest BCUT2D eigenvalue weighted by Gasteiger charge is 2.30. The zero-order valence-electron chi connectivity index (χ0n) is 18.7. The molecule has 0 aliphatic carbocycles. The summed E-state index contributed by atoms with van der Waals surface area (Å²) in [6.07, 6.45) is 0. The molecular formula is C26H23N5O3. The molecule has 0 radical (unpaired) electrons. The number of carbonyl (C=O) groups is 1. The summed E-state index contributed by atoms with van der Waals surface area (Å²) in [5, 5.41) is 22.0. The summed E-state index contributed by atoms with van der Waals surface area (Å²) in [7, 11) is 0. The molecule has 1 fully saturated rings. The molecule has 0 unspecified atom stereocenters. The van der Waals surface area contributed by atoms with E-state index in [9.17, 15) is 14.9 Å². The highest BCUT2D eigenvalue weighted by molar-refractivity contribution is 6.01. The molecular weight excluding hydrogens is 430 g/mol. The van der Waals surface area contributed by atoms with Gasteiger partial charge in [-0.3, -0.25) is 14.9 Å². The van der Waals surface area contributed by atoms with E-state index in [1.165, 1.54) is 6.07 Å². The van der Waals surface area contributed by atoms with Crippen LogP contribution in [0.5, 0.6) is 0 Å². The van der Waals surface area contributed by atoms with Crippen LogP contribution in [0, 0.1) is 10.1 Å². The summed E-state index contributed by atoms with van der Waals surface area (Å²) in [6.45, 7) is 3.73. The molecule has 34 heavy (non-hydrogen) atoms. The maximum absolute atomic E-state index is 12.9. The Balaban J connectivity index is 1.51. The number of nitro groups is 1. The zero-order valence-corrected chi connectivity index (χ0v) is 18.7. The van der Waals surface area contributed by atoms with Gasteiger partial charge in [0, 0.05) is 59.7 Å². The number of hydrogen-bond donors (Lipinski definition) is 0. The number of rotatable bonds is 4. The lowest BCUT2D eigenvalue weighted by Crippen LogP contribution is -2.54. The highest BCUT2D eigenvalue weighted by Crippen LogP contribution is 2.35. The van der Waals surface area contributed by atoms with E-state index < -0.39 is 4.92 Å². The van der Waals surface area contributed by atoms with E-state index in [0.717, 1.165) is 10.9 Å². The first kappa shape index (κ1) is 21.5. The second-order valence-electron chi connectivity index (χ2n) is 8.38. The second-order valence-corrected chi connectivity index (χ2v) is 8.38. The number of piperazine rings is 1. The SMILES string of the molecule is C[C@@H]1CN(C(=O)c2ccccc2)CCN1c1nnc(-c2ccccc2)c2cc([N+](=O)[O-])ccc12. The predicted octanol–water partition coefficient (Wildman–Crippen LogP) is 4.56. The zero-order chi connectivity index (χ0) is 23.7. The molecule has 170 valence electrons. The predicted molar refractivity (Wildman–Crippen MR) is 131 cm³/mol. The lowest BCUT2D eigenvalue weighted by Gasteiger charge is -2.40. The third-order valence-electron chi connectivity index (χ3n) is 6.21. The van der Waals surface area contributed by atoms with Crippen molar-refractivity contribution in [1.29, 1.82) is 0 Å². The molecule has 1 aliphatic rings. The lowest BCUT2D eigenvalue weighted by molar-refractivity contribution is -0.384. The number of anilines is 1. The van der Waals surface area contributed by atoms with Gasteiger partial charge in [-0.25, -0.2) is 0 Å². The second kappa shape index (κ2) is 8.90. The average molecular weight is 454 g/mol. The van der Waals surface area contributed by atoms with Crippen LogP contribution in [-0.4, -0.2) is 51.6 Å². The van der Waals surface area contributed by atoms with Crippen molar-refractivity contribution in [2.45, 2.75) is 13.0 Å². The molecule has 1 amide bonds. The van der Waals surface area contributed by atoms with Crippen LogP contribution in [0.3, 0.4) is 0 Å². The summed E-state index contributed by atoms with van der Waals surface area (Å²) < 4.78 is 0. The van der Waals surface area contributed by atoms with Crippen LogP contribution in [0.1, 0.15) is 17.3 Å². The molecule has 5 rings (SSSR count). The Morgan fingerprint density at radius 3 is 2.32 bits per heavy atom. The number of non-ortho nitro benzene ring substituents is 1. The van der Waals surface area contributed by atoms with Crippen molar-refractivity contribution in [3.8, 4) is 11.3 Å². The molecule has 8 nitrogen and oxygen atoms in total. The Bertz CT molecular complexity index is 1360. The quantitative estimate of drug-likeness (QED) is 0.332. The maximum Gasteiger partial charge on any atom is 0.270 e. The van der Waals surface area contributed by atoms with E-state index in [4.69, 9.17) is 0 Å². The molecule has 1 saturated heterocycles. The minimum atomic E-state index is -0.398. The van der Waals surface area contributed by atoms with Crippen molar-refractivity contribution < 1.29 is 9.72 Å². The van der Waals surface area contributed by atoms with Gasteiger partial charge in [0.1, 0.15) is 5.69 Å². The third-order valence-corrected chi connectivity index (χ3v) is 6.21. The minimum absolute atomic E-state index is 0.00307. The molecule has 0 saturated carbocycles. The molecule has 0 bridgehead atoms. The number of fused-ring (bicyclic) bond motifs is 1. The molecule has 0 N–H and O–H groups in total. The standard InChI is InChI=1S/C26H23N5O3/c1-18-17-29(26(32)20-10-6-3-7-11-20)14-15-30(18)25-22-13-12-21(31(33)34)16-23(22)24(27-28-25)19-8-4-2-5-9-19/h2-13,16,18H,14-15,17H2,1H3/t18-/m1/s1. The summed E-state index contributed by atoms with van der Waals surface area (Å²) >= 11 is 0. The fourth-order valence-electron chi connectivity index (χ4n) is 4.48. The number of amides is 1. The van der Waals surface area contributed by atoms with Crippen molar-refractivity contribution >= 4 is 28.2 Å². The van der Waals surface area contributed by atoms with E-state index in [0.29, 0.717) is 42.1 Å². The van der Waals surface area contributed by atoms with Gasteiger partial charge in [-0.15, -0.1) is 10.2 Å². The molecule has 1 aliphatic heterocycles. The number of benzene rings is 3. The van der Waals surface area contributed by atoms with Crippen LogP contribution in [-0.2, 0) is 0 Å². The summed E-state index contributed by atoms with van der Waals surface area (Å²) in [5.74, 6) is 0.682. The molecule has 3 aromatic carbocycles. The summed E-state index contributed by atoms with van der Waals surface area (Å²) in [6, 6.07) is 23.6. The van der Waals surface area contributed by atoms with Gasteiger partial charge in [-0.2, -0.15) is 0 Å². The van der Waals surface area contributed by atoms with Crippen LogP contribution >= 0.6 is 0 Å². The van der Waals surface area contributed by atoms with Crippen LogP contribution < -0.4 is 4.90 Å². The van der Waals surface area contributed by atoms with Gasteiger partial charge >= 0.3 is 0 Å². The Morgan fingerprint density at radius 1 is 0.941 bits per heavy atom. The summed E-state index contributed by atoms with van der Waals surface area (Å²) in [4.78, 5) is 28.0. The van der Waals surface area contributed by atoms with Gasteiger partial charge in [0.15, 0.2) is 5.82 Å². The first-order chi connectivity index (χ1) is 16.5. The number of nitrogens with zero attached hydrogens (tertiary/aromatic N) is 5. The Morgan fingerprint density at radius 2 is 1.65 bits per heavy atom. The van der Waals surface area contributed by atoms with Crippen molar-refractivity contribution in [2.24, 2.45) is 0 Å². The topological polar surface area (TPSA) is 92.5 Å². The van der Waals surface area contributed by atoms with Crippen molar-refractivity contribution in [3.63, 3.8) is 0 Å². The highest BCUT2D eigenvalue weighted by atomic mass is 16.6. The average Bonchev–Trinajstić information content (AvgIpc) is 2.88. The first-order valence-corrected chi connectivity index (χ1v) is 11.1. The Hall–Kier alpha value is -4.33. The smallest absolute Gasteiger partial charge is 0.270 e. The van der Waals surface area contributed by atoms with E-state index >= 15 is 0 Å². The van der Waals surface area contributed by atoms with Crippen LogP contribution in [0.4, 0.5) is 11.5 Å². The number of nitro benzene ring substituents is 1. The molecule has 1 atom stereocenters.